The van der Waals surface area contributed by atoms with E-state index < -0.39 is 0 Å². The maximum absolute atomic E-state index is 12.5. The highest BCUT2D eigenvalue weighted by molar-refractivity contribution is 5.97. The minimum atomic E-state index is -0.168. The first-order valence-electron chi connectivity index (χ1n) is 6.86. The van der Waals surface area contributed by atoms with Gasteiger partial charge in [-0.3, -0.25) is 4.79 Å². The molecule has 1 fully saturated rings. The number of aliphatic hydroxyl groups is 1. The molecule has 1 aliphatic rings. The Kier molecular flexibility index (Phi) is 4.74. The van der Waals surface area contributed by atoms with E-state index in [9.17, 15) is 9.90 Å². The minimum Gasteiger partial charge on any atom is -0.397 e. The van der Waals surface area contributed by atoms with Crippen LogP contribution in [0.25, 0.3) is 0 Å². The number of nitrogens with zero attached hydrogens (tertiary/aromatic N) is 2. The van der Waals surface area contributed by atoms with Crippen molar-refractivity contribution >= 4 is 11.6 Å². The average Bonchev–Trinajstić information content (AvgIpc) is 2.45. The molecule has 2 rings (SSSR count). The molecule has 0 bridgehead atoms. The fourth-order valence-electron chi connectivity index (χ4n) is 2.68. The normalized spacial score (nSPS) is 16.3. The summed E-state index contributed by atoms with van der Waals surface area (Å²) in [5.74, 6) is -0.168. The van der Waals surface area contributed by atoms with E-state index in [2.05, 4.69) is 4.98 Å². The zero-order valence-corrected chi connectivity index (χ0v) is 11.1. The lowest BCUT2D eigenvalue weighted by Gasteiger charge is -2.34. The maximum atomic E-state index is 12.5. The lowest BCUT2D eigenvalue weighted by atomic mass is 9.94. The second-order valence-electron chi connectivity index (χ2n) is 4.96. The largest absolute Gasteiger partial charge is 0.397 e. The van der Waals surface area contributed by atoms with Gasteiger partial charge in [-0.15, -0.1) is 0 Å². The average molecular weight is 263 g/mol. The van der Waals surface area contributed by atoms with Crippen LogP contribution in [0.2, 0.25) is 0 Å². The summed E-state index contributed by atoms with van der Waals surface area (Å²) in [4.78, 5) is 18.3. The molecular weight excluding hydrogens is 242 g/mol. The van der Waals surface area contributed by atoms with Gasteiger partial charge in [-0.25, -0.2) is 4.98 Å². The Hall–Kier alpha value is -1.62. The Morgan fingerprint density at radius 2 is 2.16 bits per heavy atom. The van der Waals surface area contributed by atoms with Crippen LogP contribution in [0.3, 0.4) is 0 Å². The molecule has 1 aliphatic carbocycles. The second kappa shape index (κ2) is 6.52. The van der Waals surface area contributed by atoms with Crippen molar-refractivity contribution in [1.82, 2.24) is 9.88 Å². The third-order valence-corrected chi connectivity index (χ3v) is 3.66. The molecule has 3 N–H and O–H groups in total. The number of nitrogens with two attached hydrogens (primary N) is 1. The van der Waals surface area contributed by atoms with Gasteiger partial charge in [-0.2, -0.15) is 0 Å². The first kappa shape index (κ1) is 13.8. The van der Waals surface area contributed by atoms with Crippen LogP contribution in [0, 0.1) is 0 Å². The molecule has 19 heavy (non-hydrogen) atoms. The van der Waals surface area contributed by atoms with Crippen LogP contribution >= 0.6 is 0 Å². The van der Waals surface area contributed by atoms with Gasteiger partial charge in [-0.05, 0) is 25.0 Å². The van der Waals surface area contributed by atoms with E-state index in [1.807, 2.05) is 0 Å². The van der Waals surface area contributed by atoms with Crippen LogP contribution in [-0.2, 0) is 0 Å². The molecule has 0 spiro atoms. The van der Waals surface area contributed by atoms with Crippen molar-refractivity contribution in [3.63, 3.8) is 0 Å². The molecule has 0 radical (unpaired) electrons. The zero-order valence-electron chi connectivity index (χ0n) is 11.1. The van der Waals surface area contributed by atoms with Gasteiger partial charge in [0.1, 0.15) is 0 Å². The van der Waals surface area contributed by atoms with Crippen LogP contribution in [0.15, 0.2) is 18.3 Å². The number of carbonyl (C=O) groups excluding carboxylic acids is 1. The molecule has 1 amide bonds. The highest BCUT2D eigenvalue weighted by Crippen LogP contribution is 2.24. The molecular formula is C14H21N3O2. The van der Waals surface area contributed by atoms with Crippen LogP contribution in [0.1, 0.15) is 42.6 Å². The molecule has 1 heterocycles. The third-order valence-electron chi connectivity index (χ3n) is 3.66. The molecule has 5 nitrogen and oxygen atoms in total. The number of aliphatic hydroxyl groups excluding tert-OH is 1. The fraction of sp³-hybridized carbons (Fsp3) is 0.571. The topological polar surface area (TPSA) is 79.5 Å². The number of pyridine rings is 1. The van der Waals surface area contributed by atoms with Gasteiger partial charge in [0.05, 0.1) is 12.3 Å². The van der Waals surface area contributed by atoms with E-state index in [0.29, 0.717) is 17.9 Å². The summed E-state index contributed by atoms with van der Waals surface area (Å²) in [6.07, 6.45) is 7.07. The molecule has 0 aromatic carbocycles. The van der Waals surface area contributed by atoms with Crippen LogP contribution in [0.5, 0.6) is 0 Å². The highest BCUT2D eigenvalue weighted by Gasteiger charge is 2.27. The van der Waals surface area contributed by atoms with Gasteiger partial charge in [0.25, 0.3) is 5.91 Å². The molecule has 104 valence electrons. The zero-order chi connectivity index (χ0) is 13.7. The summed E-state index contributed by atoms with van der Waals surface area (Å²) in [5, 5.41) is 9.19. The number of nitrogen functional groups attached to an aromatic ring is 1. The van der Waals surface area contributed by atoms with Crippen LogP contribution in [0.4, 0.5) is 5.69 Å². The number of hydrogen-bond acceptors (Lipinski definition) is 4. The van der Waals surface area contributed by atoms with Crippen molar-refractivity contribution in [3.8, 4) is 0 Å². The van der Waals surface area contributed by atoms with Crippen LogP contribution in [-0.4, -0.2) is 40.1 Å². The first-order chi connectivity index (χ1) is 9.24. The van der Waals surface area contributed by atoms with Gasteiger partial charge in [0, 0.05) is 18.8 Å². The smallest absolute Gasteiger partial charge is 0.274 e. The fourth-order valence-corrected chi connectivity index (χ4v) is 2.68. The summed E-state index contributed by atoms with van der Waals surface area (Å²) in [6, 6.07) is 3.59. The van der Waals surface area contributed by atoms with Crippen molar-refractivity contribution in [2.75, 3.05) is 18.9 Å². The van der Waals surface area contributed by atoms with Crippen molar-refractivity contribution < 1.29 is 9.90 Å². The summed E-state index contributed by atoms with van der Waals surface area (Å²) in [5.41, 5.74) is 6.50. The van der Waals surface area contributed by atoms with Gasteiger partial charge in [0.15, 0.2) is 5.69 Å². The highest BCUT2D eigenvalue weighted by atomic mass is 16.3. The molecule has 1 saturated carbocycles. The Balaban J connectivity index is 2.18. The number of carbonyl (C=O) groups is 1. The molecule has 0 atom stereocenters. The number of amides is 1. The minimum absolute atomic E-state index is 0.0328. The van der Waals surface area contributed by atoms with E-state index in [-0.39, 0.29) is 18.6 Å². The van der Waals surface area contributed by atoms with Crippen molar-refractivity contribution in [2.45, 2.75) is 38.1 Å². The lowest BCUT2D eigenvalue weighted by molar-refractivity contribution is 0.0580. The molecule has 0 aliphatic heterocycles. The van der Waals surface area contributed by atoms with E-state index in [4.69, 9.17) is 5.73 Å². The maximum Gasteiger partial charge on any atom is 0.274 e. The first-order valence-corrected chi connectivity index (χ1v) is 6.86. The van der Waals surface area contributed by atoms with E-state index >= 15 is 0 Å². The number of hydrogen-bond donors (Lipinski definition) is 2. The number of rotatable bonds is 4. The van der Waals surface area contributed by atoms with Crippen molar-refractivity contribution in [2.24, 2.45) is 0 Å². The van der Waals surface area contributed by atoms with E-state index in [1.165, 1.54) is 6.42 Å². The number of aromatic nitrogens is 1. The van der Waals surface area contributed by atoms with Gasteiger partial charge < -0.3 is 15.7 Å². The van der Waals surface area contributed by atoms with Crippen LogP contribution < -0.4 is 5.73 Å². The molecule has 0 unspecified atom stereocenters. The predicted molar refractivity (Wildman–Crippen MR) is 73.6 cm³/mol. The summed E-state index contributed by atoms with van der Waals surface area (Å²) in [6.45, 7) is 0.314. The van der Waals surface area contributed by atoms with Gasteiger partial charge in [0.2, 0.25) is 0 Å². The number of anilines is 1. The second-order valence-corrected chi connectivity index (χ2v) is 4.96. The quantitative estimate of drug-likeness (QED) is 0.861. The molecule has 0 saturated heterocycles. The van der Waals surface area contributed by atoms with E-state index in [1.54, 1.807) is 23.2 Å². The summed E-state index contributed by atoms with van der Waals surface area (Å²) >= 11 is 0. The predicted octanol–water partition coefficient (Wildman–Crippen LogP) is 1.43. The lowest BCUT2D eigenvalue weighted by Crippen LogP contribution is -2.43. The SMILES string of the molecule is Nc1cccnc1C(=O)N(CCO)C1CCCCC1. The third kappa shape index (κ3) is 3.23. The Morgan fingerprint density at radius 1 is 1.42 bits per heavy atom. The molecule has 5 heteroatoms. The summed E-state index contributed by atoms with van der Waals surface area (Å²) in [7, 11) is 0. The Bertz CT molecular complexity index is 430. The summed E-state index contributed by atoms with van der Waals surface area (Å²) < 4.78 is 0. The molecule has 1 aromatic rings. The monoisotopic (exact) mass is 263 g/mol. The Labute approximate surface area is 113 Å². The van der Waals surface area contributed by atoms with Gasteiger partial charge >= 0.3 is 0 Å². The standard InChI is InChI=1S/C14H21N3O2/c15-12-7-4-8-16-13(12)14(19)17(9-10-18)11-5-2-1-3-6-11/h4,7-8,11,18H,1-3,5-6,9-10,15H2. The van der Waals surface area contributed by atoms with Crippen molar-refractivity contribution in [3.05, 3.63) is 24.0 Å². The Morgan fingerprint density at radius 3 is 2.79 bits per heavy atom. The van der Waals surface area contributed by atoms with Gasteiger partial charge in [-0.1, -0.05) is 19.3 Å². The van der Waals surface area contributed by atoms with E-state index in [0.717, 1.165) is 25.7 Å². The van der Waals surface area contributed by atoms with Crippen molar-refractivity contribution in [1.29, 1.82) is 0 Å². The molecule has 1 aromatic heterocycles.